The minimum absolute atomic E-state index is 0.476. The molecule has 0 radical (unpaired) electrons. The number of imidazole rings is 1. The van der Waals surface area contributed by atoms with E-state index in [-0.39, 0.29) is 0 Å². The second kappa shape index (κ2) is 7.54. The van der Waals surface area contributed by atoms with E-state index in [1.165, 1.54) is 12.1 Å². The number of nitrogens with one attached hydrogen (secondary N) is 1. The smallest absolute Gasteiger partial charge is 0.0948 e. The third-order valence-electron chi connectivity index (χ3n) is 3.49. The van der Waals surface area contributed by atoms with Gasteiger partial charge < -0.3 is 14.6 Å². The number of rotatable bonds is 7. The first-order chi connectivity index (χ1) is 8.90. The van der Waals surface area contributed by atoms with Gasteiger partial charge in [-0.3, -0.25) is 0 Å². The Morgan fingerprint density at radius 2 is 2.28 bits per heavy atom. The molecule has 1 fully saturated rings. The van der Waals surface area contributed by atoms with Gasteiger partial charge in [0.25, 0.3) is 0 Å². The number of hydrogen-bond donors (Lipinski definition) is 1. The fraction of sp³-hybridized carbons (Fsp3) is 0.786. The molecule has 4 heteroatoms. The molecular formula is C14H25N3O. The molecule has 18 heavy (non-hydrogen) atoms. The molecule has 0 unspecified atom stereocenters. The maximum Gasteiger partial charge on any atom is 0.0948 e. The maximum atomic E-state index is 5.91. The first-order valence-electron chi connectivity index (χ1n) is 7.21. The van der Waals surface area contributed by atoms with Gasteiger partial charge in [0.1, 0.15) is 0 Å². The van der Waals surface area contributed by atoms with Crippen molar-refractivity contribution in [2.75, 3.05) is 19.7 Å². The zero-order chi connectivity index (χ0) is 12.6. The topological polar surface area (TPSA) is 39.1 Å². The molecule has 0 atom stereocenters. The highest BCUT2D eigenvalue weighted by Gasteiger charge is 2.12. The van der Waals surface area contributed by atoms with Gasteiger partial charge in [0.05, 0.1) is 12.4 Å². The Hall–Kier alpha value is -0.870. The van der Waals surface area contributed by atoms with Gasteiger partial charge in [-0.05, 0) is 38.8 Å². The van der Waals surface area contributed by atoms with E-state index in [1.807, 2.05) is 12.5 Å². The summed E-state index contributed by atoms with van der Waals surface area (Å²) in [7, 11) is 0. The number of aryl methyl sites for hydroxylation is 2. The minimum atomic E-state index is 0.476. The van der Waals surface area contributed by atoms with Crippen molar-refractivity contribution in [2.45, 2.75) is 51.7 Å². The lowest BCUT2D eigenvalue weighted by Crippen LogP contribution is -2.32. The average Bonchev–Trinajstić information content (AvgIpc) is 2.84. The Kier molecular flexibility index (Phi) is 5.68. The van der Waals surface area contributed by atoms with E-state index in [0.717, 1.165) is 51.9 Å². The van der Waals surface area contributed by atoms with Gasteiger partial charge in [0.2, 0.25) is 0 Å². The highest BCUT2D eigenvalue weighted by molar-refractivity contribution is 4.98. The van der Waals surface area contributed by atoms with Gasteiger partial charge in [0, 0.05) is 25.0 Å². The standard InChI is InChI=1S/C14H25N3O/c1-2-4-13-11-16-12-17(13)9-3-10-18-14-5-7-15-8-6-14/h11-12,14-15H,2-10H2,1H3. The Labute approximate surface area is 110 Å². The number of aromatic nitrogens is 2. The first-order valence-corrected chi connectivity index (χ1v) is 7.21. The van der Waals surface area contributed by atoms with Crippen LogP contribution in [0.25, 0.3) is 0 Å². The van der Waals surface area contributed by atoms with Gasteiger partial charge in [-0.1, -0.05) is 13.3 Å². The molecule has 2 heterocycles. The van der Waals surface area contributed by atoms with Crippen LogP contribution >= 0.6 is 0 Å². The maximum absolute atomic E-state index is 5.91. The molecular weight excluding hydrogens is 226 g/mol. The van der Waals surface area contributed by atoms with Crippen molar-refractivity contribution < 1.29 is 4.74 Å². The third-order valence-corrected chi connectivity index (χ3v) is 3.49. The van der Waals surface area contributed by atoms with Gasteiger partial charge in [-0.2, -0.15) is 0 Å². The lowest BCUT2D eigenvalue weighted by molar-refractivity contribution is 0.0300. The van der Waals surface area contributed by atoms with Crippen LogP contribution in [0.1, 0.15) is 38.3 Å². The summed E-state index contributed by atoms with van der Waals surface area (Å²) in [5.74, 6) is 0. The van der Waals surface area contributed by atoms with E-state index in [9.17, 15) is 0 Å². The van der Waals surface area contributed by atoms with Crippen LogP contribution in [-0.2, 0) is 17.7 Å². The molecule has 1 aromatic rings. The predicted molar refractivity (Wildman–Crippen MR) is 72.7 cm³/mol. The minimum Gasteiger partial charge on any atom is -0.378 e. The summed E-state index contributed by atoms with van der Waals surface area (Å²) in [4.78, 5) is 4.22. The second-order valence-electron chi connectivity index (χ2n) is 5.00. The van der Waals surface area contributed by atoms with E-state index in [0.29, 0.717) is 6.10 Å². The van der Waals surface area contributed by atoms with Crippen molar-refractivity contribution in [1.82, 2.24) is 14.9 Å². The van der Waals surface area contributed by atoms with Gasteiger partial charge in [-0.15, -0.1) is 0 Å². The Balaban J connectivity index is 1.63. The van der Waals surface area contributed by atoms with Crippen molar-refractivity contribution in [3.8, 4) is 0 Å². The number of piperidine rings is 1. The molecule has 0 amide bonds. The van der Waals surface area contributed by atoms with E-state index in [1.54, 1.807) is 0 Å². The van der Waals surface area contributed by atoms with Crippen LogP contribution in [0.3, 0.4) is 0 Å². The summed E-state index contributed by atoms with van der Waals surface area (Å²) < 4.78 is 8.17. The molecule has 0 saturated carbocycles. The van der Waals surface area contributed by atoms with Gasteiger partial charge >= 0.3 is 0 Å². The molecule has 4 nitrogen and oxygen atoms in total. The van der Waals surface area contributed by atoms with Crippen LogP contribution in [0.15, 0.2) is 12.5 Å². The molecule has 0 bridgehead atoms. The van der Waals surface area contributed by atoms with E-state index in [4.69, 9.17) is 4.74 Å². The monoisotopic (exact) mass is 251 g/mol. The van der Waals surface area contributed by atoms with Crippen LogP contribution < -0.4 is 5.32 Å². The summed E-state index contributed by atoms with van der Waals surface area (Å²) >= 11 is 0. The highest BCUT2D eigenvalue weighted by Crippen LogP contribution is 2.08. The Bertz CT molecular complexity index is 332. The molecule has 1 aliphatic heterocycles. The summed E-state index contributed by atoms with van der Waals surface area (Å²) in [6.07, 6.45) is 10.1. The normalized spacial score (nSPS) is 17.2. The zero-order valence-electron chi connectivity index (χ0n) is 11.4. The summed E-state index contributed by atoms with van der Waals surface area (Å²) in [5.41, 5.74) is 1.35. The molecule has 102 valence electrons. The van der Waals surface area contributed by atoms with Crippen molar-refractivity contribution >= 4 is 0 Å². The Morgan fingerprint density at radius 1 is 1.44 bits per heavy atom. The zero-order valence-corrected chi connectivity index (χ0v) is 11.4. The number of ether oxygens (including phenoxy) is 1. The summed E-state index contributed by atoms with van der Waals surface area (Å²) in [6.45, 7) is 6.31. The highest BCUT2D eigenvalue weighted by atomic mass is 16.5. The largest absolute Gasteiger partial charge is 0.378 e. The molecule has 2 rings (SSSR count). The lowest BCUT2D eigenvalue weighted by atomic mass is 10.1. The molecule has 1 saturated heterocycles. The molecule has 0 spiro atoms. The van der Waals surface area contributed by atoms with Crippen LogP contribution in [0.2, 0.25) is 0 Å². The summed E-state index contributed by atoms with van der Waals surface area (Å²) in [5, 5.41) is 3.36. The molecule has 0 aromatic carbocycles. The molecule has 1 aliphatic rings. The van der Waals surface area contributed by atoms with Crippen molar-refractivity contribution in [3.05, 3.63) is 18.2 Å². The van der Waals surface area contributed by atoms with Crippen LogP contribution in [0.4, 0.5) is 0 Å². The van der Waals surface area contributed by atoms with E-state index in [2.05, 4.69) is 21.8 Å². The fourth-order valence-corrected chi connectivity index (χ4v) is 2.46. The quantitative estimate of drug-likeness (QED) is 0.753. The van der Waals surface area contributed by atoms with Crippen molar-refractivity contribution in [2.24, 2.45) is 0 Å². The van der Waals surface area contributed by atoms with E-state index >= 15 is 0 Å². The molecule has 1 aromatic heterocycles. The fourth-order valence-electron chi connectivity index (χ4n) is 2.46. The third kappa shape index (κ3) is 4.10. The van der Waals surface area contributed by atoms with Crippen LogP contribution in [-0.4, -0.2) is 35.4 Å². The lowest BCUT2D eigenvalue weighted by Gasteiger charge is -2.23. The van der Waals surface area contributed by atoms with Gasteiger partial charge in [-0.25, -0.2) is 4.98 Å². The van der Waals surface area contributed by atoms with Crippen molar-refractivity contribution in [3.63, 3.8) is 0 Å². The van der Waals surface area contributed by atoms with Crippen LogP contribution in [0.5, 0.6) is 0 Å². The van der Waals surface area contributed by atoms with E-state index < -0.39 is 0 Å². The molecule has 0 aliphatic carbocycles. The van der Waals surface area contributed by atoms with Gasteiger partial charge in [0.15, 0.2) is 0 Å². The Morgan fingerprint density at radius 3 is 3.06 bits per heavy atom. The van der Waals surface area contributed by atoms with Crippen LogP contribution in [0, 0.1) is 0 Å². The average molecular weight is 251 g/mol. The number of nitrogens with zero attached hydrogens (tertiary/aromatic N) is 2. The predicted octanol–water partition coefficient (Wildman–Crippen LogP) is 1.99. The second-order valence-corrected chi connectivity index (χ2v) is 5.00. The number of hydrogen-bond acceptors (Lipinski definition) is 3. The summed E-state index contributed by atoms with van der Waals surface area (Å²) in [6, 6.07) is 0. The SMILES string of the molecule is CCCc1cncn1CCCOC1CCNCC1. The molecule has 1 N–H and O–H groups in total. The first kappa shape index (κ1) is 13.6. The van der Waals surface area contributed by atoms with Crippen molar-refractivity contribution in [1.29, 1.82) is 0 Å².